The molecule has 0 N–H and O–H groups in total. The molecule has 0 spiro atoms. The highest BCUT2D eigenvalue weighted by Gasteiger charge is 1.94. The number of hydrogen-bond acceptors (Lipinski definition) is 0. The van der Waals surface area contributed by atoms with Gasteiger partial charge in [-0.1, -0.05) is 67.5 Å². The first kappa shape index (κ1) is 12.2. The van der Waals surface area contributed by atoms with Crippen LogP contribution in [0, 0.1) is 11.8 Å². The number of hydrogen-bond donors (Lipinski definition) is 0. The Morgan fingerprint density at radius 1 is 1.28 bits per heavy atom. The molecule has 2 rings (SSSR count). The Labute approximate surface area is 108 Å². The van der Waals surface area contributed by atoms with E-state index in [-0.39, 0.29) is 0 Å². The van der Waals surface area contributed by atoms with E-state index in [4.69, 9.17) is 0 Å². The van der Waals surface area contributed by atoms with Gasteiger partial charge in [-0.05, 0) is 29.4 Å². The van der Waals surface area contributed by atoms with E-state index >= 15 is 0 Å². The van der Waals surface area contributed by atoms with Crippen molar-refractivity contribution in [3.63, 3.8) is 0 Å². The molecule has 0 saturated carbocycles. The molecule has 0 fully saturated rings. The molecular formula is C18H16. The smallest absolute Gasteiger partial charge is 0.0183 e. The van der Waals surface area contributed by atoms with Crippen LogP contribution >= 0.6 is 0 Å². The zero-order valence-electron chi connectivity index (χ0n) is 10.4. The SMILES string of the molecule is C=C(C#CC1=CC=CCC1)/C=c1/ccccc1=C. The van der Waals surface area contributed by atoms with Gasteiger partial charge in [0, 0.05) is 11.1 Å². The molecule has 0 atom stereocenters. The van der Waals surface area contributed by atoms with Gasteiger partial charge in [0.2, 0.25) is 0 Å². The molecule has 0 unspecified atom stereocenters. The van der Waals surface area contributed by atoms with Crippen LogP contribution in [0.1, 0.15) is 12.8 Å². The first-order valence-electron chi connectivity index (χ1n) is 6.08. The Balaban J connectivity index is 2.20. The highest BCUT2D eigenvalue weighted by atomic mass is 14.0. The van der Waals surface area contributed by atoms with Crippen molar-refractivity contribution in [2.75, 3.05) is 0 Å². The summed E-state index contributed by atoms with van der Waals surface area (Å²) >= 11 is 0. The summed E-state index contributed by atoms with van der Waals surface area (Å²) in [4.78, 5) is 0. The van der Waals surface area contributed by atoms with Crippen molar-refractivity contribution < 1.29 is 0 Å². The normalized spacial score (nSPS) is 14.7. The van der Waals surface area contributed by atoms with E-state index in [0.29, 0.717) is 0 Å². The molecule has 0 bridgehead atoms. The lowest BCUT2D eigenvalue weighted by molar-refractivity contribution is 1.000. The maximum atomic E-state index is 3.98. The maximum Gasteiger partial charge on any atom is 0.0183 e. The van der Waals surface area contributed by atoms with E-state index in [9.17, 15) is 0 Å². The summed E-state index contributed by atoms with van der Waals surface area (Å²) in [5.74, 6) is 6.27. The van der Waals surface area contributed by atoms with E-state index < -0.39 is 0 Å². The summed E-state index contributed by atoms with van der Waals surface area (Å²) < 4.78 is 0. The molecule has 0 saturated heterocycles. The van der Waals surface area contributed by atoms with Crippen molar-refractivity contribution in [3.8, 4) is 11.8 Å². The molecule has 18 heavy (non-hydrogen) atoms. The first-order chi connectivity index (χ1) is 8.75. The second-order valence-electron chi connectivity index (χ2n) is 4.28. The van der Waals surface area contributed by atoms with E-state index in [1.165, 1.54) is 5.57 Å². The van der Waals surface area contributed by atoms with Gasteiger partial charge in [-0.2, -0.15) is 0 Å². The molecule has 0 nitrogen and oxygen atoms in total. The maximum absolute atomic E-state index is 3.98. The van der Waals surface area contributed by atoms with Gasteiger partial charge in [0.05, 0.1) is 0 Å². The van der Waals surface area contributed by atoms with Gasteiger partial charge in [0.1, 0.15) is 0 Å². The third kappa shape index (κ3) is 3.37. The van der Waals surface area contributed by atoms with Crippen molar-refractivity contribution in [1.82, 2.24) is 0 Å². The molecule has 0 heterocycles. The van der Waals surface area contributed by atoms with E-state index in [2.05, 4.69) is 43.2 Å². The quantitative estimate of drug-likeness (QED) is 0.653. The fraction of sp³-hybridized carbons (Fsp3) is 0.111. The molecule has 88 valence electrons. The van der Waals surface area contributed by atoms with E-state index in [0.717, 1.165) is 28.9 Å². The van der Waals surface area contributed by atoms with Gasteiger partial charge in [0.15, 0.2) is 0 Å². The zero-order valence-corrected chi connectivity index (χ0v) is 10.4. The fourth-order valence-electron chi connectivity index (χ4n) is 1.77. The summed E-state index contributed by atoms with van der Waals surface area (Å²) in [6.07, 6.45) is 10.4. The lowest BCUT2D eigenvalue weighted by Crippen LogP contribution is -2.21. The fourth-order valence-corrected chi connectivity index (χ4v) is 1.77. The highest BCUT2D eigenvalue weighted by Crippen LogP contribution is 2.10. The van der Waals surface area contributed by atoms with Crippen LogP contribution in [-0.4, -0.2) is 0 Å². The molecule has 1 aliphatic rings. The number of benzene rings is 1. The van der Waals surface area contributed by atoms with Gasteiger partial charge in [-0.25, -0.2) is 0 Å². The third-order valence-corrected chi connectivity index (χ3v) is 2.78. The van der Waals surface area contributed by atoms with Crippen LogP contribution in [0.5, 0.6) is 0 Å². The summed E-state index contributed by atoms with van der Waals surface area (Å²) in [5, 5.41) is 2.08. The average Bonchev–Trinajstić information content (AvgIpc) is 2.40. The third-order valence-electron chi connectivity index (χ3n) is 2.78. The topological polar surface area (TPSA) is 0 Å². The van der Waals surface area contributed by atoms with Crippen molar-refractivity contribution in [1.29, 1.82) is 0 Å². The lowest BCUT2D eigenvalue weighted by atomic mass is 10.1. The Kier molecular flexibility index (Phi) is 3.99. The molecule has 0 aromatic heterocycles. The molecule has 0 aliphatic heterocycles. The minimum atomic E-state index is 0.821. The van der Waals surface area contributed by atoms with Crippen LogP contribution in [-0.2, 0) is 0 Å². The van der Waals surface area contributed by atoms with Crippen LogP contribution in [0.4, 0.5) is 0 Å². The Bertz CT molecular complexity index is 673. The standard InChI is InChI=1S/C18H16/c1-15(12-13-17-9-4-3-5-10-17)14-18-11-7-6-8-16(18)2/h3-4,6-9,11,14H,1-2,5,10H2/b18-14-. The summed E-state index contributed by atoms with van der Waals surface area (Å²) in [6, 6.07) is 7.99. The van der Waals surface area contributed by atoms with Crippen LogP contribution in [0.15, 0.2) is 60.2 Å². The van der Waals surface area contributed by atoms with Crippen LogP contribution in [0.2, 0.25) is 0 Å². The second kappa shape index (κ2) is 5.89. The minimum absolute atomic E-state index is 0.821. The molecule has 1 aliphatic carbocycles. The Morgan fingerprint density at radius 2 is 2.11 bits per heavy atom. The highest BCUT2D eigenvalue weighted by molar-refractivity contribution is 5.57. The molecule has 0 radical (unpaired) electrons. The van der Waals surface area contributed by atoms with Crippen molar-refractivity contribution in [2.24, 2.45) is 0 Å². The lowest BCUT2D eigenvalue weighted by Gasteiger charge is -1.99. The van der Waals surface area contributed by atoms with Crippen molar-refractivity contribution >= 4 is 12.7 Å². The minimum Gasteiger partial charge on any atom is -0.0912 e. The molecule has 0 amide bonds. The molecule has 1 aromatic carbocycles. The number of rotatable bonds is 1. The predicted molar refractivity (Wildman–Crippen MR) is 79.1 cm³/mol. The van der Waals surface area contributed by atoms with Gasteiger partial charge in [-0.3, -0.25) is 0 Å². The Hall–Kier alpha value is -2.26. The Morgan fingerprint density at radius 3 is 2.83 bits per heavy atom. The van der Waals surface area contributed by atoms with Crippen molar-refractivity contribution in [3.05, 3.63) is 70.7 Å². The molecule has 1 aromatic rings. The average molecular weight is 232 g/mol. The van der Waals surface area contributed by atoms with Gasteiger partial charge in [-0.15, -0.1) is 0 Å². The first-order valence-corrected chi connectivity index (χ1v) is 6.08. The predicted octanol–water partition coefficient (Wildman–Crippen LogP) is 2.71. The van der Waals surface area contributed by atoms with Gasteiger partial charge in [0.25, 0.3) is 0 Å². The summed E-state index contributed by atoms with van der Waals surface area (Å²) in [6.45, 7) is 7.96. The largest absolute Gasteiger partial charge is 0.0912 e. The van der Waals surface area contributed by atoms with Crippen LogP contribution in [0.25, 0.3) is 12.7 Å². The summed E-state index contributed by atoms with van der Waals surface area (Å²) in [5.41, 5.74) is 2.00. The monoisotopic (exact) mass is 232 g/mol. The van der Waals surface area contributed by atoms with E-state index in [1.54, 1.807) is 0 Å². The van der Waals surface area contributed by atoms with Crippen LogP contribution < -0.4 is 10.4 Å². The van der Waals surface area contributed by atoms with Crippen LogP contribution in [0.3, 0.4) is 0 Å². The van der Waals surface area contributed by atoms with Crippen molar-refractivity contribution in [2.45, 2.75) is 12.8 Å². The molecular weight excluding hydrogens is 216 g/mol. The van der Waals surface area contributed by atoms with Gasteiger partial charge < -0.3 is 0 Å². The zero-order chi connectivity index (χ0) is 12.8. The van der Waals surface area contributed by atoms with Gasteiger partial charge >= 0.3 is 0 Å². The second-order valence-corrected chi connectivity index (χ2v) is 4.28. The number of allylic oxidation sites excluding steroid dienone is 5. The molecule has 0 heteroatoms. The summed E-state index contributed by atoms with van der Waals surface area (Å²) in [7, 11) is 0. The van der Waals surface area contributed by atoms with E-state index in [1.807, 2.05) is 30.3 Å².